The summed E-state index contributed by atoms with van der Waals surface area (Å²) in [6.45, 7) is 13.2. The molecule has 0 aromatic heterocycles. The van der Waals surface area contributed by atoms with Gasteiger partial charge in [0.15, 0.2) is 0 Å². The second-order valence-electron chi connectivity index (χ2n) is 6.20. The van der Waals surface area contributed by atoms with E-state index in [1.165, 1.54) is 18.4 Å². The van der Waals surface area contributed by atoms with E-state index in [9.17, 15) is 0 Å². The third kappa shape index (κ3) is 3.45. The third-order valence-corrected chi connectivity index (χ3v) is 2.65. The standard InChI is InChI=1S/C13H24O/c1-10(14-12(2,3)4)11-7-8-13(5,6)9-11/h7,10H,8-9H2,1-6H3. The zero-order valence-electron chi connectivity index (χ0n) is 10.5. The lowest BCUT2D eigenvalue weighted by atomic mass is 9.89. The lowest BCUT2D eigenvalue weighted by Crippen LogP contribution is -2.26. The predicted molar refractivity (Wildman–Crippen MR) is 61.4 cm³/mol. The molecule has 1 atom stereocenters. The van der Waals surface area contributed by atoms with Crippen molar-refractivity contribution in [1.29, 1.82) is 0 Å². The molecule has 0 spiro atoms. The van der Waals surface area contributed by atoms with E-state index in [0.717, 1.165) is 0 Å². The zero-order valence-corrected chi connectivity index (χ0v) is 10.5. The smallest absolute Gasteiger partial charge is 0.0764 e. The molecule has 0 aromatic rings. The molecule has 0 heterocycles. The summed E-state index contributed by atoms with van der Waals surface area (Å²) in [5.41, 5.74) is 1.89. The maximum atomic E-state index is 5.95. The highest BCUT2D eigenvalue weighted by Gasteiger charge is 2.28. The monoisotopic (exact) mass is 196 g/mol. The Balaban J connectivity index is 2.52. The van der Waals surface area contributed by atoms with E-state index in [0.29, 0.717) is 5.41 Å². The molecule has 1 rings (SSSR count). The van der Waals surface area contributed by atoms with Crippen LogP contribution in [0, 0.1) is 5.41 Å². The highest BCUT2D eigenvalue weighted by atomic mass is 16.5. The second kappa shape index (κ2) is 3.69. The van der Waals surface area contributed by atoms with Crippen LogP contribution < -0.4 is 0 Å². The molecule has 0 saturated heterocycles. The van der Waals surface area contributed by atoms with Crippen molar-refractivity contribution in [2.75, 3.05) is 0 Å². The molecule has 0 amide bonds. The minimum Gasteiger partial charge on any atom is -0.369 e. The summed E-state index contributed by atoms with van der Waals surface area (Å²) >= 11 is 0. The van der Waals surface area contributed by atoms with Gasteiger partial charge in [-0.3, -0.25) is 0 Å². The molecule has 0 N–H and O–H groups in total. The molecule has 1 aliphatic carbocycles. The van der Waals surface area contributed by atoms with E-state index in [1.54, 1.807) is 0 Å². The molecule has 1 unspecified atom stereocenters. The van der Waals surface area contributed by atoms with E-state index in [-0.39, 0.29) is 11.7 Å². The van der Waals surface area contributed by atoms with Crippen molar-refractivity contribution in [3.63, 3.8) is 0 Å². The minimum absolute atomic E-state index is 0.0347. The Bertz CT molecular complexity index is 230. The molecule has 1 heteroatoms. The normalized spacial score (nSPS) is 23.4. The van der Waals surface area contributed by atoms with Crippen molar-refractivity contribution >= 4 is 0 Å². The lowest BCUT2D eigenvalue weighted by molar-refractivity contribution is -0.0364. The fourth-order valence-electron chi connectivity index (χ4n) is 2.02. The lowest BCUT2D eigenvalue weighted by Gasteiger charge is -2.27. The fourth-order valence-corrected chi connectivity index (χ4v) is 2.02. The van der Waals surface area contributed by atoms with Crippen LogP contribution >= 0.6 is 0 Å². The number of rotatable bonds is 2. The van der Waals surface area contributed by atoms with E-state index in [2.05, 4.69) is 47.6 Å². The molecule has 0 radical (unpaired) electrons. The maximum absolute atomic E-state index is 5.95. The average Bonchev–Trinajstić information content (AvgIpc) is 2.26. The Labute approximate surface area is 88.5 Å². The van der Waals surface area contributed by atoms with Crippen LogP contribution in [-0.4, -0.2) is 11.7 Å². The van der Waals surface area contributed by atoms with Crippen molar-refractivity contribution in [2.45, 2.75) is 66.1 Å². The zero-order chi connectivity index (χ0) is 11.0. The molecule has 14 heavy (non-hydrogen) atoms. The first kappa shape index (κ1) is 11.8. The largest absolute Gasteiger partial charge is 0.369 e. The molecule has 1 nitrogen and oxygen atoms in total. The summed E-state index contributed by atoms with van der Waals surface area (Å²) in [5, 5.41) is 0. The van der Waals surface area contributed by atoms with Crippen LogP contribution in [0.25, 0.3) is 0 Å². The first-order valence-corrected chi connectivity index (χ1v) is 5.56. The number of hydrogen-bond donors (Lipinski definition) is 0. The highest BCUT2D eigenvalue weighted by molar-refractivity contribution is 5.17. The van der Waals surface area contributed by atoms with Crippen LogP contribution in [0.15, 0.2) is 11.6 Å². The van der Waals surface area contributed by atoms with E-state index in [4.69, 9.17) is 4.74 Å². The maximum Gasteiger partial charge on any atom is 0.0764 e. The molecular weight excluding hydrogens is 172 g/mol. The fraction of sp³-hybridized carbons (Fsp3) is 0.846. The Morgan fingerprint density at radius 1 is 1.36 bits per heavy atom. The van der Waals surface area contributed by atoms with Gasteiger partial charge in [0.05, 0.1) is 11.7 Å². The average molecular weight is 196 g/mol. The Hall–Kier alpha value is -0.300. The molecule has 0 fully saturated rings. The first-order valence-electron chi connectivity index (χ1n) is 5.56. The van der Waals surface area contributed by atoms with Crippen molar-refractivity contribution in [1.82, 2.24) is 0 Å². The van der Waals surface area contributed by atoms with Crippen LogP contribution in [0.5, 0.6) is 0 Å². The predicted octanol–water partition coefficient (Wildman–Crippen LogP) is 3.94. The topological polar surface area (TPSA) is 9.23 Å². The van der Waals surface area contributed by atoms with Crippen molar-refractivity contribution in [2.24, 2.45) is 5.41 Å². The Morgan fingerprint density at radius 2 is 1.93 bits per heavy atom. The van der Waals surface area contributed by atoms with Gasteiger partial charge in [-0.1, -0.05) is 19.9 Å². The molecule has 0 saturated carbocycles. The first-order chi connectivity index (χ1) is 6.20. The quantitative estimate of drug-likeness (QED) is 0.608. The van der Waals surface area contributed by atoms with E-state index < -0.39 is 0 Å². The summed E-state index contributed by atoms with van der Waals surface area (Å²) in [6.07, 6.45) is 5.01. The summed E-state index contributed by atoms with van der Waals surface area (Å²) in [6, 6.07) is 0. The number of ether oxygens (including phenoxy) is 1. The molecule has 82 valence electrons. The van der Waals surface area contributed by atoms with Gasteiger partial charge in [-0.25, -0.2) is 0 Å². The Kier molecular flexibility index (Phi) is 3.10. The van der Waals surface area contributed by atoms with Gasteiger partial charge < -0.3 is 4.74 Å². The van der Waals surface area contributed by atoms with Crippen LogP contribution in [0.1, 0.15) is 54.4 Å². The van der Waals surface area contributed by atoms with Crippen LogP contribution in [0.3, 0.4) is 0 Å². The summed E-state index contributed by atoms with van der Waals surface area (Å²) < 4.78 is 5.95. The molecule has 0 bridgehead atoms. The van der Waals surface area contributed by atoms with E-state index in [1.807, 2.05) is 0 Å². The van der Waals surface area contributed by atoms with Gasteiger partial charge >= 0.3 is 0 Å². The van der Waals surface area contributed by atoms with Gasteiger partial charge in [0.1, 0.15) is 0 Å². The van der Waals surface area contributed by atoms with Gasteiger partial charge in [-0.15, -0.1) is 0 Å². The van der Waals surface area contributed by atoms with Gasteiger partial charge in [-0.05, 0) is 51.5 Å². The van der Waals surface area contributed by atoms with Gasteiger partial charge in [0, 0.05) is 0 Å². The van der Waals surface area contributed by atoms with Crippen molar-refractivity contribution in [3.05, 3.63) is 11.6 Å². The number of hydrogen-bond acceptors (Lipinski definition) is 1. The summed E-state index contributed by atoms with van der Waals surface area (Å²) in [5.74, 6) is 0. The summed E-state index contributed by atoms with van der Waals surface area (Å²) in [4.78, 5) is 0. The van der Waals surface area contributed by atoms with Crippen molar-refractivity contribution in [3.8, 4) is 0 Å². The van der Waals surface area contributed by atoms with Crippen molar-refractivity contribution < 1.29 is 4.74 Å². The molecule has 0 aliphatic heterocycles. The third-order valence-electron chi connectivity index (χ3n) is 2.65. The minimum atomic E-state index is -0.0347. The summed E-state index contributed by atoms with van der Waals surface area (Å²) in [7, 11) is 0. The van der Waals surface area contributed by atoms with Gasteiger partial charge in [0.25, 0.3) is 0 Å². The van der Waals surface area contributed by atoms with Crippen LogP contribution in [-0.2, 0) is 4.74 Å². The van der Waals surface area contributed by atoms with Crippen LogP contribution in [0.4, 0.5) is 0 Å². The molecular formula is C13H24O. The highest BCUT2D eigenvalue weighted by Crippen LogP contribution is 2.38. The van der Waals surface area contributed by atoms with Crippen LogP contribution in [0.2, 0.25) is 0 Å². The van der Waals surface area contributed by atoms with Gasteiger partial charge in [0.2, 0.25) is 0 Å². The second-order valence-corrected chi connectivity index (χ2v) is 6.20. The van der Waals surface area contributed by atoms with E-state index >= 15 is 0 Å². The molecule has 1 aliphatic rings. The van der Waals surface area contributed by atoms with Gasteiger partial charge in [-0.2, -0.15) is 0 Å². The Morgan fingerprint density at radius 3 is 2.29 bits per heavy atom. The SMILES string of the molecule is CC(OC(C)(C)C)C1=CCC(C)(C)C1. The number of allylic oxidation sites excluding steroid dienone is 1. The molecule has 0 aromatic carbocycles.